The topological polar surface area (TPSA) is 36.9 Å². The van der Waals surface area contributed by atoms with Crippen LogP contribution >= 0.6 is 23.8 Å². The summed E-state index contributed by atoms with van der Waals surface area (Å²) in [7, 11) is 2.10. The molecular weight excluding hydrogens is 268 g/mol. The molecule has 98 valence electrons. The van der Waals surface area contributed by atoms with E-state index in [-0.39, 0.29) is 0 Å². The molecule has 0 saturated carbocycles. The Morgan fingerprint density at radius 3 is 2.94 bits per heavy atom. The van der Waals surface area contributed by atoms with E-state index in [0.717, 1.165) is 24.3 Å². The second-order valence-corrected chi connectivity index (χ2v) is 5.50. The van der Waals surface area contributed by atoms with Crippen LogP contribution in [0.5, 0.6) is 0 Å². The molecule has 0 radical (unpaired) electrons. The number of halogens is 1. The highest BCUT2D eigenvalue weighted by molar-refractivity contribution is 7.71. The third-order valence-corrected chi connectivity index (χ3v) is 3.66. The highest BCUT2D eigenvalue weighted by Crippen LogP contribution is 2.16. The van der Waals surface area contributed by atoms with Gasteiger partial charge < -0.3 is 14.5 Å². The standard InChI is InChI=1S/C12H17ClN4S/c1-8(2)16(3)4-5-17-11-10(15-12(17)18)6-9(13)7-14-11/h6-8H,4-5H2,1-3H3,(H,15,18). The van der Waals surface area contributed by atoms with Gasteiger partial charge in [0.1, 0.15) is 0 Å². The lowest BCUT2D eigenvalue weighted by Crippen LogP contribution is -2.29. The average molecular weight is 285 g/mol. The number of H-pyrrole nitrogens is 1. The Hall–Kier alpha value is -0.910. The average Bonchev–Trinajstić information content (AvgIpc) is 2.60. The Kier molecular flexibility index (Phi) is 4.04. The van der Waals surface area contributed by atoms with Crippen LogP contribution in [0.15, 0.2) is 12.3 Å². The predicted molar refractivity (Wildman–Crippen MR) is 77.7 cm³/mol. The fraction of sp³-hybridized carbons (Fsp3) is 0.500. The van der Waals surface area contributed by atoms with E-state index in [1.807, 2.05) is 10.6 Å². The van der Waals surface area contributed by atoms with Gasteiger partial charge in [-0.25, -0.2) is 4.98 Å². The van der Waals surface area contributed by atoms with Gasteiger partial charge in [-0.2, -0.15) is 0 Å². The first-order chi connectivity index (χ1) is 8.49. The molecule has 18 heavy (non-hydrogen) atoms. The Morgan fingerprint density at radius 2 is 2.28 bits per heavy atom. The lowest BCUT2D eigenvalue weighted by Gasteiger charge is -2.20. The van der Waals surface area contributed by atoms with Crippen LogP contribution in [0.3, 0.4) is 0 Å². The quantitative estimate of drug-likeness (QED) is 0.877. The Morgan fingerprint density at radius 1 is 1.56 bits per heavy atom. The predicted octanol–water partition coefficient (Wildman–Crippen LogP) is 3.09. The lowest BCUT2D eigenvalue weighted by molar-refractivity contribution is 0.263. The molecule has 0 saturated heterocycles. The molecule has 0 fully saturated rings. The van der Waals surface area contributed by atoms with Crippen LogP contribution in [0.2, 0.25) is 5.02 Å². The fourth-order valence-electron chi connectivity index (χ4n) is 1.74. The number of hydrogen-bond acceptors (Lipinski definition) is 3. The number of nitrogens with zero attached hydrogens (tertiary/aromatic N) is 3. The number of nitrogens with one attached hydrogen (secondary N) is 1. The van der Waals surface area contributed by atoms with Gasteiger partial charge in [0.2, 0.25) is 0 Å². The second kappa shape index (κ2) is 5.38. The SMILES string of the molecule is CC(C)N(C)CCn1c(=S)[nH]c2cc(Cl)cnc21. The van der Waals surface area contributed by atoms with Crippen molar-refractivity contribution >= 4 is 35.0 Å². The van der Waals surface area contributed by atoms with Crippen LogP contribution < -0.4 is 0 Å². The molecule has 0 aliphatic heterocycles. The lowest BCUT2D eigenvalue weighted by atomic mass is 10.3. The van der Waals surface area contributed by atoms with Crippen LogP contribution in [-0.4, -0.2) is 39.1 Å². The van der Waals surface area contributed by atoms with E-state index in [2.05, 4.69) is 35.8 Å². The molecule has 0 aromatic carbocycles. The zero-order valence-electron chi connectivity index (χ0n) is 10.8. The van der Waals surface area contributed by atoms with Crippen molar-refractivity contribution in [3.63, 3.8) is 0 Å². The molecule has 0 bridgehead atoms. The maximum absolute atomic E-state index is 5.92. The summed E-state index contributed by atoms with van der Waals surface area (Å²) in [6, 6.07) is 2.37. The van der Waals surface area contributed by atoms with Crippen molar-refractivity contribution in [2.24, 2.45) is 0 Å². The first-order valence-corrected chi connectivity index (χ1v) is 6.72. The largest absolute Gasteiger partial charge is 0.329 e. The summed E-state index contributed by atoms with van der Waals surface area (Å²) in [4.78, 5) is 9.75. The number of likely N-dealkylation sites (N-methyl/N-ethyl adjacent to an activating group) is 1. The third kappa shape index (κ3) is 2.74. The number of fused-ring (bicyclic) bond motifs is 1. The van der Waals surface area contributed by atoms with Gasteiger partial charge in [-0.1, -0.05) is 11.6 Å². The minimum absolute atomic E-state index is 0.520. The number of pyridine rings is 1. The number of aromatic nitrogens is 3. The highest BCUT2D eigenvalue weighted by Gasteiger charge is 2.08. The van der Waals surface area contributed by atoms with Crippen LogP contribution in [-0.2, 0) is 6.54 Å². The number of rotatable bonds is 4. The van der Waals surface area contributed by atoms with Gasteiger partial charge in [0.15, 0.2) is 10.4 Å². The Labute approximate surface area is 117 Å². The summed E-state index contributed by atoms with van der Waals surface area (Å²) >= 11 is 11.2. The Balaban J connectivity index is 2.28. The molecule has 4 nitrogen and oxygen atoms in total. The smallest absolute Gasteiger partial charge is 0.179 e. The summed E-state index contributed by atoms with van der Waals surface area (Å²) in [6.07, 6.45) is 1.65. The van der Waals surface area contributed by atoms with Crippen molar-refractivity contribution in [1.82, 2.24) is 19.4 Å². The van der Waals surface area contributed by atoms with Crippen molar-refractivity contribution in [2.45, 2.75) is 26.4 Å². The molecule has 2 heterocycles. The van der Waals surface area contributed by atoms with Gasteiger partial charge in [-0.3, -0.25) is 0 Å². The molecule has 1 N–H and O–H groups in total. The third-order valence-electron chi connectivity index (χ3n) is 3.13. The maximum atomic E-state index is 5.92. The second-order valence-electron chi connectivity index (χ2n) is 4.68. The van der Waals surface area contributed by atoms with Gasteiger partial charge in [0.25, 0.3) is 0 Å². The molecule has 0 aliphatic rings. The zero-order chi connectivity index (χ0) is 13.3. The van der Waals surface area contributed by atoms with Crippen molar-refractivity contribution in [3.05, 3.63) is 22.1 Å². The molecular formula is C12H17ClN4S. The summed E-state index contributed by atoms with van der Waals surface area (Å²) < 4.78 is 2.71. The van der Waals surface area contributed by atoms with E-state index in [1.54, 1.807) is 6.20 Å². The zero-order valence-corrected chi connectivity index (χ0v) is 12.3. The summed E-state index contributed by atoms with van der Waals surface area (Å²) in [5.74, 6) is 0. The number of hydrogen-bond donors (Lipinski definition) is 1. The van der Waals surface area contributed by atoms with E-state index in [4.69, 9.17) is 23.8 Å². The van der Waals surface area contributed by atoms with Crippen molar-refractivity contribution in [1.29, 1.82) is 0 Å². The normalized spacial score (nSPS) is 11.9. The van der Waals surface area contributed by atoms with E-state index in [0.29, 0.717) is 15.8 Å². The molecule has 2 aromatic rings. The first kappa shape index (κ1) is 13.5. The van der Waals surface area contributed by atoms with E-state index < -0.39 is 0 Å². The number of aromatic amines is 1. The molecule has 2 aromatic heterocycles. The molecule has 0 spiro atoms. The summed E-state index contributed by atoms with van der Waals surface area (Å²) in [5, 5.41) is 0.616. The van der Waals surface area contributed by atoms with Crippen LogP contribution in [0.4, 0.5) is 0 Å². The summed E-state index contributed by atoms with van der Waals surface area (Å²) in [5.41, 5.74) is 1.75. The Bertz CT molecular complexity index is 602. The van der Waals surface area contributed by atoms with Gasteiger partial charge in [-0.15, -0.1) is 0 Å². The van der Waals surface area contributed by atoms with Crippen LogP contribution in [0, 0.1) is 4.77 Å². The highest BCUT2D eigenvalue weighted by atomic mass is 35.5. The van der Waals surface area contributed by atoms with Crippen molar-refractivity contribution in [2.75, 3.05) is 13.6 Å². The van der Waals surface area contributed by atoms with E-state index in [1.165, 1.54) is 0 Å². The van der Waals surface area contributed by atoms with Gasteiger partial charge >= 0.3 is 0 Å². The number of imidazole rings is 1. The molecule has 2 rings (SSSR count). The van der Waals surface area contributed by atoms with E-state index in [9.17, 15) is 0 Å². The van der Waals surface area contributed by atoms with Gasteiger partial charge in [-0.05, 0) is 39.2 Å². The van der Waals surface area contributed by atoms with Crippen LogP contribution in [0.1, 0.15) is 13.8 Å². The molecule has 0 atom stereocenters. The first-order valence-electron chi connectivity index (χ1n) is 5.93. The molecule has 6 heteroatoms. The van der Waals surface area contributed by atoms with Gasteiger partial charge in [0.05, 0.1) is 10.5 Å². The van der Waals surface area contributed by atoms with Crippen molar-refractivity contribution in [3.8, 4) is 0 Å². The monoisotopic (exact) mass is 284 g/mol. The van der Waals surface area contributed by atoms with Gasteiger partial charge in [0, 0.05) is 25.3 Å². The maximum Gasteiger partial charge on any atom is 0.179 e. The summed E-state index contributed by atoms with van der Waals surface area (Å²) in [6.45, 7) is 6.10. The van der Waals surface area contributed by atoms with Crippen molar-refractivity contribution < 1.29 is 0 Å². The van der Waals surface area contributed by atoms with E-state index >= 15 is 0 Å². The molecule has 0 unspecified atom stereocenters. The fourth-order valence-corrected chi connectivity index (χ4v) is 2.19. The van der Waals surface area contributed by atoms with Crippen LogP contribution in [0.25, 0.3) is 11.2 Å². The molecule has 0 aliphatic carbocycles. The minimum atomic E-state index is 0.520. The minimum Gasteiger partial charge on any atom is -0.329 e. The molecule has 0 amide bonds.